The van der Waals surface area contributed by atoms with Crippen molar-refractivity contribution in [3.63, 3.8) is 0 Å². The minimum absolute atomic E-state index is 0.907. The molecule has 0 amide bonds. The van der Waals surface area contributed by atoms with Crippen LogP contribution in [-0.2, 0) is 12.8 Å². The number of nitrogens with zero attached hydrogens (tertiary/aromatic N) is 1. The van der Waals surface area contributed by atoms with Crippen molar-refractivity contribution in [2.75, 3.05) is 0 Å². The first kappa shape index (κ1) is 10.1. The van der Waals surface area contributed by atoms with E-state index in [1.807, 2.05) is 6.07 Å². The zero-order valence-corrected chi connectivity index (χ0v) is 8.82. The average Bonchev–Trinajstić information content (AvgIpc) is 2.18. The summed E-state index contributed by atoms with van der Waals surface area (Å²) < 4.78 is 0. The molecule has 0 fully saturated rings. The lowest BCUT2D eigenvalue weighted by Gasteiger charge is -2.05. The Kier molecular flexibility index (Phi) is 3.81. The van der Waals surface area contributed by atoms with Crippen LogP contribution in [0.15, 0.2) is 23.2 Å². The molecule has 0 unspecified atom stereocenters. The topological polar surface area (TPSA) is 12.4 Å². The largest absolute Gasteiger partial charge is 0.195 e. The Bertz CT molecular complexity index is 338. The van der Waals surface area contributed by atoms with Gasteiger partial charge in [-0.25, -0.2) is 0 Å². The second-order valence-electron chi connectivity index (χ2n) is 2.86. The second kappa shape index (κ2) is 4.90. The van der Waals surface area contributed by atoms with Crippen molar-refractivity contribution in [1.29, 1.82) is 0 Å². The zero-order valence-electron chi connectivity index (χ0n) is 8.00. The molecule has 0 heterocycles. The van der Waals surface area contributed by atoms with Crippen LogP contribution in [0, 0.1) is 0 Å². The van der Waals surface area contributed by atoms with Gasteiger partial charge in [-0.2, -0.15) is 4.99 Å². The van der Waals surface area contributed by atoms with Gasteiger partial charge in [0, 0.05) is 0 Å². The molecule has 1 rings (SSSR count). The number of isothiocyanates is 1. The van der Waals surface area contributed by atoms with Crippen LogP contribution in [0.1, 0.15) is 25.0 Å². The Labute approximate surface area is 84.5 Å². The molecule has 1 nitrogen and oxygen atoms in total. The van der Waals surface area contributed by atoms with E-state index in [9.17, 15) is 0 Å². The van der Waals surface area contributed by atoms with Crippen LogP contribution in [-0.4, -0.2) is 5.16 Å². The van der Waals surface area contributed by atoms with E-state index in [0.717, 1.165) is 18.5 Å². The van der Waals surface area contributed by atoms with Gasteiger partial charge in [0.05, 0.1) is 10.8 Å². The summed E-state index contributed by atoms with van der Waals surface area (Å²) in [7, 11) is 0. The molecule has 0 aliphatic rings. The monoisotopic (exact) mass is 191 g/mol. The van der Waals surface area contributed by atoms with E-state index in [1.54, 1.807) is 0 Å². The molecule has 0 radical (unpaired) electrons. The fourth-order valence-corrected chi connectivity index (χ4v) is 1.51. The third kappa shape index (κ3) is 2.48. The van der Waals surface area contributed by atoms with Crippen LogP contribution < -0.4 is 0 Å². The molecule has 0 aliphatic carbocycles. The highest BCUT2D eigenvalue weighted by atomic mass is 32.1. The molecular weight excluding hydrogens is 178 g/mol. The highest BCUT2D eigenvalue weighted by Gasteiger charge is 1.99. The summed E-state index contributed by atoms with van der Waals surface area (Å²) in [6.45, 7) is 4.32. The summed E-state index contributed by atoms with van der Waals surface area (Å²) in [5.41, 5.74) is 3.66. The molecule has 68 valence electrons. The van der Waals surface area contributed by atoms with Gasteiger partial charge < -0.3 is 0 Å². The lowest BCUT2D eigenvalue weighted by Crippen LogP contribution is -1.89. The van der Waals surface area contributed by atoms with E-state index in [0.29, 0.717) is 0 Å². The average molecular weight is 191 g/mol. The summed E-state index contributed by atoms with van der Waals surface area (Å²) in [6.07, 6.45) is 2.12. The van der Waals surface area contributed by atoms with Crippen molar-refractivity contribution < 1.29 is 0 Å². The quantitative estimate of drug-likeness (QED) is 0.526. The molecule has 0 bridgehead atoms. The Balaban J connectivity index is 3.12. The molecule has 0 spiro atoms. The molecule has 2 heteroatoms. The van der Waals surface area contributed by atoms with Crippen molar-refractivity contribution in [2.24, 2.45) is 4.99 Å². The van der Waals surface area contributed by atoms with E-state index in [2.05, 4.69) is 48.4 Å². The third-order valence-electron chi connectivity index (χ3n) is 2.13. The van der Waals surface area contributed by atoms with Crippen LogP contribution in [0.3, 0.4) is 0 Å². The maximum absolute atomic E-state index is 4.56. The Hall–Kier alpha value is -0.980. The Morgan fingerprint density at radius 1 is 1.23 bits per heavy atom. The normalized spacial score (nSPS) is 9.38. The second-order valence-corrected chi connectivity index (χ2v) is 3.05. The van der Waals surface area contributed by atoms with Gasteiger partial charge in [-0.05, 0) is 48.3 Å². The standard InChI is InChI=1S/C11H13NS/c1-3-9-5-6-11(12-8-13)7-10(9)4-2/h5-7H,3-4H2,1-2H3. The van der Waals surface area contributed by atoms with Crippen LogP contribution in [0.2, 0.25) is 0 Å². The first-order valence-corrected chi connectivity index (χ1v) is 4.92. The van der Waals surface area contributed by atoms with Gasteiger partial charge in [-0.3, -0.25) is 0 Å². The predicted molar refractivity (Wildman–Crippen MR) is 59.9 cm³/mol. The summed E-state index contributed by atoms with van der Waals surface area (Å²) in [5.74, 6) is 0. The fourth-order valence-electron chi connectivity index (χ4n) is 1.41. The lowest BCUT2D eigenvalue weighted by molar-refractivity contribution is 1.04. The van der Waals surface area contributed by atoms with Gasteiger partial charge in [0.1, 0.15) is 0 Å². The van der Waals surface area contributed by atoms with Gasteiger partial charge in [0.25, 0.3) is 0 Å². The fraction of sp³-hybridized carbons (Fsp3) is 0.364. The van der Waals surface area contributed by atoms with Gasteiger partial charge in [0.2, 0.25) is 0 Å². The van der Waals surface area contributed by atoms with Crippen molar-refractivity contribution in [3.05, 3.63) is 29.3 Å². The number of rotatable bonds is 3. The molecule has 13 heavy (non-hydrogen) atoms. The molecule has 1 aromatic carbocycles. The van der Waals surface area contributed by atoms with Gasteiger partial charge in [-0.15, -0.1) is 0 Å². The highest BCUT2D eigenvalue weighted by Crippen LogP contribution is 2.18. The number of aryl methyl sites for hydroxylation is 2. The minimum atomic E-state index is 0.907. The van der Waals surface area contributed by atoms with Crippen molar-refractivity contribution >= 4 is 23.1 Å². The predicted octanol–water partition coefficient (Wildman–Crippen LogP) is 3.55. The number of hydrogen-bond donors (Lipinski definition) is 0. The van der Waals surface area contributed by atoms with Crippen LogP contribution in [0.25, 0.3) is 0 Å². The first-order valence-electron chi connectivity index (χ1n) is 4.51. The van der Waals surface area contributed by atoms with Crippen molar-refractivity contribution in [1.82, 2.24) is 0 Å². The molecule has 0 saturated heterocycles. The first-order chi connectivity index (χ1) is 6.31. The van der Waals surface area contributed by atoms with Gasteiger partial charge in [-0.1, -0.05) is 19.9 Å². The lowest BCUT2D eigenvalue weighted by atomic mass is 10.0. The highest BCUT2D eigenvalue weighted by molar-refractivity contribution is 7.78. The summed E-state index contributed by atoms with van der Waals surface area (Å²) in [4.78, 5) is 3.96. The minimum Gasteiger partial charge on any atom is -0.195 e. The molecule has 0 atom stereocenters. The smallest absolute Gasteiger partial charge is 0.0742 e. The molecule has 0 saturated carbocycles. The molecule has 1 aromatic rings. The third-order valence-corrected chi connectivity index (χ3v) is 2.22. The van der Waals surface area contributed by atoms with Gasteiger partial charge in [0.15, 0.2) is 0 Å². The number of thiocarbonyl (C=S) groups is 1. The molecule has 0 N–H and O–H groups in total. The SMILES string of the molecule is CCc1ccc(N=C=S)cc1CC. The zero-order chi connectivity index (χ0) is 9.68. The molecule has 0 aliphatic heterocycles. The number of aliphatic imine (C=N–C) groups is 1. The molecule has 0 aromatic heterocycles. The van der Waals surface area contributed by atoms with Gasteiger partial charge >= 0.3 is 0 Å². The van der Waals surface area contributed by atoms with E-state index < -0.39 is 0 Å². The van der Waals surface area contributed by atoms with Crippen molar-refractivity contribution in [2.45, 2.75) is 26.7 Å². The molecular formula is C11H13NS. The maximum atomic E-state index is 4.56. The Morgan fingerprint density at radius 3 is 2.46 bits per heavy atom. The summed E-state index contributed by atoms with van der Waals surface area (Å²) in [5, 5.41) is 2.38. The van der Waals surface area contributed by atoms with Crippen LogP contribution in [0.5, 0.6) is 0 Å². The summed E-state index contributed by atoms with van der Waals surface area (Å²) >= 11 is 4.56. The van der Waals surface area contributed by atoms with E-state index in [1.165, 1.54) is 11.1 Å². The number of benzene rings is 1. The van der Waals surface area contributed by atoms with Crippen molar-refractivity contribution in [3.8, 4) is 0 Å². The Morgan fingerprint density at radius 2 is 1.92 bits per heavy atom. The number of hydrogen-bond acceptors (Lipinski definition) is 2. The maximum Gasteiger partial charge on any atom is 0.0742 e. The van der Waals surface area contributed by atoms with Crippen LogP contribution in [0.4, 0.5) is 5.69 Å². The van der Waals surface area contributed by atoms with E-state index in [4.69, 9.17) is 0 Å². The summed E-state index contributed by atoms with van der Waals surface area (Å²) in [6, 6.07) is 6.18. The van der Waals surface area contributed by atoms with Crippen LogP contribution >= 0.6 is 12.2 Å². The van der Waals surface area contributed by atoms with E-state index in [-0.39, 0.29) is 0 Å². The van der Waals surface area contributed by atoms with E-state index >= 15 is 0 Å².